The van der Waals surface area contributed by atoms with Gasteiger partial charge in [-0.05, 0) is 74.3 Å². The minimum Gasteiger partial charge on any atom is -0.504 e. The predicted molar refractivity (Wildman–Crippen MR) is 144 cm³/mol. The van der Waals surface area contributed by atoms with Gasteiger partial charge in [-0.3, -0.25) is 9.69 Å². The Morgan fingerprint density at radius 2 is 1.95 bits per heavy atom. The molecule has 1 saturated heterocycles. The standard InChI is InChI=1S/C30H34N2O4.ClH/c1-31(25(34)12-9-19-5-3-2-4-6-19)22-13-14-30(35)24-17-21-10-11-23(33)27-26(21)29(30,28(22)36-27)15-16-32(24)18-20-7-8-20;/h2-6,9-12,20,22,24,28,33,35H,7-8,13-18H2,1H3;1H/b12-9+;/t22-,24-,28+,29+,30-;/m1./s1. The number of ether oxygens (including phenoxy) is 1. The number of likely N-dealkylation sites (N-methyl/N-ethyl adjacent to an activating group) is 1. The Morgan fingerprint density at radius 3 is 2.70 bits per heavy atom. The lowest BCUT2D eigenvalue weighted by Crippen LogP contribution is -2.78. The minimum absolute atomic E-state index is 0. The van der Waals surface area contributed by atoms with Crippen LogP contribution in [-0.2, 0) is 16.6 Å². The summed E-state index contributed by atoms with van der Waals surface area (Å²) in [5, 5.41) is 23.4. The van der Waals surface area contributed by atoms with Crippen LogP contribution in [0.1, 0.15) is 48.8 Å². The molecule has 0 radical (unpaired) electrons. The summed E-state index contributed by atoms with van der Waals surface area (Å²) in [4.78, 5) is 17.6. The van der Waals surface area contributed by atoms with E-state index in [1.165, 1.54) is 18.4 Å². The number of rotatable bonds is 5. The van der Waals surface area contributed by atoms with Gasteiger partial charge in [0.15, 0.2) is 11.5 Å². The van der Waals surface area contributed by atoms with Crippen molar-refractivity contribution in [2.24, 2.45) is 5.92 Å². The summed E-state index contributed by atoms with van der Waals surface area (Å²) in [7, 11) is 1.85. The highest BCUT2D eigenvalue weighted by molar-refractivity contribution is 5.92. The fourth-order valence-corrected chi connectivity index (χ4v) is 7.86. The fraction of sp³-hybridized carbons (Fsp3) is 0.500. The van der Waals surface area contributed by atoms with Crippen LogP contribution in [-0.4, -0.2) is 69.8 Å². The number of aliphatic hydroxyl groups is 1. The molecule has 2 aromatic rings. The van der Waals surface area contributed by atoms with E-state index in [0.717, 1.165) is 43.0 Å². The smallest absolute Gasteiger partial charge is 0.246 e. The molecule has 7 heteroatoms. The van der Waals surface area contributed by atoms with E-state index in [4.69, 9.17) is 4.74 Å². The summed E-state index contributed by atoms with van der Waals surface area (Å²) in [5.74, 6) is 1.34. The van der Waals surface area contributed by atoms with Gasteiger partial charge in [-0.1, -0.05) is 36.4 Å². The van der Waals surface area contributed by atoms with E-state index >= 15 is 0 Å². The maximum Gasteiger partial charge on any atom is 0.246 e. The summed E-state index contributed by atoms with van der Waals surface area (Å²) in [6, 6.07) is 13.4. The Labute approximate surface area is 224 Å². The van der Waals surface area contributed by atoms with Crippen LogP contribution in [0, 0.1) is 5.92 Å². The Bertz CT molecular complexity index is 1250. The number of phenols is 1. The van der Waals surface area contributed by atoms with Crippen LogP contribution in [0.15, 0.2) is 48.5 Å². The number of carbonyl (C=O) groups is 1. The lowest BCUT2D eigenvalue weighted by Gasteiger charge is -2.64. The zero-order valence-corrected chi connectivity index (χ0v) is 22.0. The van der Waals surface area contributed by atoms with Crippen molar-refractivity contribution in [2.45, 2.75) is 67.7 Å². The Morgan fingerprint density at radius 1 is 1.16 bits per heavy atom. The number of amides is 1. The molecule has 7 rings (SSSR count). The molecule has 3 aliphatic carbocycles. The summed E-state index contributed by atoms with van der Waals surface area (Å²) >= 11 is 0. The number of likely N-dealkylation sites (tertiary alicyclic amines) is 1. The molecule has 2 heterocycles. The van der Waals surface area contributed by atoms with Crippen LogP contribution >= 0.6 is 12.4 Å². The second kappa shape index (κ2) is 8.75. The fourth-order valence-electron chi connectivity index (χ4n) is 7.86. The summed E-state index contributed by atoms with van der Waals surface area (Å²) in [5.41, 5.74) is 1.62. The van der Waals surface area contributed by atoms with Crippen molar-refractivity contribution in [2.75, 3.05) is 20.1 Å². The Balaban J connectivity index is 0.00000252. The monoisotopic (exact) mass is 522 g/mol. The van der Waals surface area contributed by atoms with Gasteiger partial charge in [0.2, 0.25) is 5.91 Å². The van der Waals surface area contributed by atoms with Crippen molar-refractivity contribution < 1.29 is 19.7 Å². The van der Waals surface area contributed by atoms with Crippen molar-refractivity contribution >= 4 is 24.4 Å². The van der Waals surface area contributed by atoms with Crippen LogP contribution in [0.25, 0.3) is 6.08 Å². The van der Waals surface area contributed by atoms with E-state index in [9.17, 15) is 15.0 Å². The first-order chi connectivity index (χ1) is 17.4. The quantitative estimate of drug-likeness (QED) is 0.582. The topological polar surface area (TPSA) is 73.2 Å². The molecule has 3 fully saturated rings. The Hall–Kier alpha value is -2.54. The Kier molecular flexibility index (Phi) is 5.86. The molecule has 196 valence electrons. The van der Waals surface area contributed by atoms with Crippen LogP contribution in [0.3, 0.4) is 0 Å². The molecule has 1 amide bonds. The zero-order chi connectivity index (χ0) is 24.7. The third-order valence-corrected chi connectivity index (χ3v) is 9.79. The number of piperidine rings is 1. The molecule has 37 heavy (non-hydrogen) atoms. The molecule has 1 spiro atoms. The van der Waals surface area contributed by atoms with Crippen LogP contribution in [0.2, 0.25) is 0 Å². The molecule has 2 aromatic carbocycles. The van der Waals surface area contributed by atoms with Crippen molar-refractivity contribution in [3.05, 3.63) is 65.2 Å². The number of halogens is 1. The van der Waals surface area contributed by atoms with Gasteiger partial charge < -0.3 is 19.8 Å². The molecule has 2 aliphatic heterocycles. The van der Waals surface area contributed by atoms with E-state index in [0.29, 0.717) is 18.6 Å². The molecule has 0 unspecified atom stereocenters. The maximum atomic E-state index is 13.3. The van der Waals surface area contributed by atoms with E-state index in [1.54, 1.807) is 17.0 Å². The molecule has 2 bridgehead atoms. The second-order valence-corrected chi connectivity index (χ2v) is 11.6. The van der Waals surface area contributed by atoms with Gasteiger partial charge in [0.05, 0.1) is 17.1 Å². The van der Waals surface area contributed by atoms with Crippen molar-refractivity contribution in [1.82, 2.24) is 9.80 Å². The normalized spacial score (nSPS) is 33.4. The molecule has 5 atom stereocenters. The molecule has 2 N–H and O–H groups in total. The van der Waals surface area contributed by atoms with Crippen LogP contribution < -0.4 is 4.74 Å². The summed E-state index contributed by atoms with van der Waals surface area (Å²) < 4.78 is 6.60. The van der Waals surface area contributed by atoms with Crippen LogP contribution in [0.5, 0.6) is 11.5 Å². The van der Waals surface area contributed by atoms with Crippen molar-refractivity contribution in [3.63, 3.8) is 0 Å². The lowest BCUT2D eigenvalue weighted by molar-refractivity contribution is -0.200. The van der Waals surface area contributed by atoms with E-state index in [1.807, 2.05) is 49.5 Å². The molecule has 0 aromatic heterocycles. The zero-order valence-electron chi connectivity index (χ0n) is 21.2. The minimum atomic E-state index is -0.933. The number of nitrogens with zero attached hydrogens (tertiary/aromatic N) is 2. The molecule has 5 aliphatic rings. The first-order valence-electron chi connectivity index (χ1n) is 13.4. The van der Waals surface area contributed by atoms with Gasteiger partial charge >= 0.3 is 0 Å². The molecular formula is C30H35ClN2O4. The highest BCUT2D eigenvalue weighted by atomic mass is 35.5. The van der Waals surface area contributed by atoms with E-state index < -0.39 is 11.0 Å². The lowest BCUT2D eigenvalue weighted by atomic mass is 9.48. The first-order valence-corrected chi connectivity index (χ1v) is 13.4. The highest BCUT2D eigenvalue weighted by Gasteiger charge is 2.73. The second-order valence-electron chi connectivity index (χ2n) is 11.6. The molecular weight excluding hydrogens is 488 g/mol. The third kappa shape index (κ3) is 3.49. The van der Waals surface area contributed by atoms with Crippen molar-refractivity contribution in [1.29, 1.82) is 0 Å². The summed E-state index contributed by atoms with van der Waals surface area (Å²) in [6.07, 6.45) is 8.51. The van der Waals surface area contributed by atoms with Gasteiger partial charge in [-0.15, -0.1) is 12.4 Å². The predicted octanol–water partition coefficient (Wildman–Crippen LogP) is 3.92. The third-order valence-electron chi connectivity index (χ3n) is 9.79. The van der Waals surface area contributed by atoms with Gasteiger partial charge in [-0.25, -0.2) is 0 Å². The van der Waals surface area contributed by atoms with E-state index in [-0.39, 0.29) is 42.3 Å². The maximum absolute atomic E-state index is 13.3. The number of hydrogen-bond acceptors (Lipinski definition) is 5. The van der Waals surface area contributed by atoms with Gasteiger partial charge in [0.25, 0.3) is 0 Å². The van der Waals surface area contributed by atoms with Gasteiger partial charge in [-0.2, -0.15) is 0 Å². The largest absolute Gasteiger partial charge is 0.504 e. The number of phenolic OH excluding ortho intramolecular Hbond substituents is 1. The number of hydrogen-bond donors (Lipinski definition) is 2. The molecule has 6 nitrogen and oxygen atoms in total. The average Bonchev–Trinajstić information content (AvgIpc) is 3.63. The van der Waals surface area contributed by atoms with Crippen molar-refractivity contribution in [3.8, 4) is 11.5 Å². The number of aromatic hydroxyl groups is 1. The highest BCUT2D eigenvalue weighted by Crippen LogP contribution is 2.66. The van der Waals surface area contributed by atoms with Gasteiger partial charge in [0.1, 0.15) is 6.10 Å². The summed E-state index contributed by atoms with van der Waals surface area (Å²) in [6.45, 7) is 1.97. The SMILES string of the molecule is CN(C(=O)/C=C/c1ccccc1)[C@@H]1CC[C@@]2(O)[C@H]3Cc4ccc(O)c5c4[C@@]2(CCN3CC2CC2)[C@H]1O5.Cl. The van der Waals surface area contributed by atoms with Gasteiger partial charge in [0, 0.05) is 31.3 Å². The van der Waals surface area contributed by atoms with E-state index in [2.05, 4.69) is 4.90 Å². The molecule has 2 saturated carbocycles. The number of benzene rings is 2. The average molecular weight is 523 g/mol. The first kappa shape index (κ1) is 24.8. The number of carbonyl (C=O) groups excluding carboxylic acids is 1. The van der Waals surface area contributed by atoms with Crippen LogP contribution in [0.4, 0.5) is 0 Å².